The number of methoxy groups -OCH3 is 2. The maximum Gasteiger partial charge on any atom is 0.303 e. The Bertz CT molecular complexity index is 789. The summed E-state index contributed by atoms with van der Waals surface area (Å²) in [5.41, 5.74) is 3.33. The molecule has 0 bridgehead atoms. The number of carbonyl (C=O) groups is 1. The standard InChI is InChI=1S/C21H27NO5/c1-13(23)27-19-10-15-6-8-22-7-4-5-14-9-17(24)18(25-2)11-16(14)21(15,22)12-20(19)26-3/h9-11,19-20,24H,4-8,12H2,1-3H3. The van der Waals surface area contributed by atoms with Gasteiger partial charge in [0.15, 0.2) is 11.5 Å². The van der Waals surface area contributed by atoms with Crippen LogP contribution in [0.3, 0.4) is 0 Å². The number of aryl methyl sites for hydroxylation is 1. The third-order valence-electron chi connectivity index (χ3n) is 6.28. The number of ether oxygens (including phenoxy) is 3. The van der Waals surface area contributed by atoms with Gasteiger partial charge in [-0.2, -0.15) is 0 Å². The third kappa shape index (κ3) is 2.82. The quantitative estimate of drug-likeness (QED) is 0.649. The molecule has 146 valence electrons. The molecule has 4 rings (SSSR count). The number of phenols is 1. The molecule has 1 aliphatic carbocycles. The highest BCUT2D eigenvalue weighted by atomic mass is 16.6. The van der Waals surface area contributed by atoms with Gasteiger partial charge in [-0.15, -0.1) is 0 Å². The lowest BCUT2D eigenvalue weighted by molar-refractivity contribution is -0.152. The molecule has 1 aromatic carbocycles. The van der Waals surface area contributed by atoms with Gasteiger partial charge < -0.3 is 19.3 Å². The number of hydrogen-bond donors (Lipinski definition) is 1. The molecule has 0 radical (unpaired) electrons. The molecule has 3 aliphatic rings. The minimum atomic E-state index is -0.362. The second-order valence-corrected chi connectivity index (χ2v) is 7.63. The molecule has 6 heteroatoms. The van der Waals surface area contributed by atoms with E-state index in [0.717, 1.165) is 37.9 Å². The van der Waals surface area contributed by atoms with Crippen LogP contribution in [0.4, 0.5) is 0 Å². The molecule has 6 nitrogen and oxygen atoms in total. The lowest BCUT2D eigenvalue weighted by Gasteiger charge is -2.46. The van der Waals surface area contributed by atoms with Gasteiger partial charge >= 0.3 is 5.97 Å². The molecule has 0 amide bonds. The van der Waals surface area contributed by atoms with Crippen LogP contribution in [-0.4, -0.2) is 55.5 Å². The molecule has 1 saturated heterocycles. The number of aromatic hydroxyl groups is 1. The van der Waals surface area contributed by atoms with Crippen molar-refractivity contribution in [1.29, 1.82) is 0 Å². The Balaban J connectivity index is 1.88. The lowest BCUT2D eigenvalue weighted by Crippen LogP contribution is -2.50. The van der Waals surface area contributed by atoms with Gasteiger partial charge in [0.1, 0.15) is 12.2 Å². The minimum absolute atomic E-state index is 0.182. The van der Waals surface area contributed by atoms with Crippen LogP contribution in [-0.2, 0) is 26.2 Å². The first-order valence-corrected chi connectivity index (χ1v) is 9.56. The third-order valence-corrected chi connectivity index (χ3v) is 6.28. The van der Waals surface area contributed by atoms with E-state index in [2.05, 4.69) is 11.0 Å². The summed E-state index contributed by atoms with van der Waals surface area (Å²) >= 11 is 0. The van der Waals surface area contributed by atoms with Crippen molar-refractivity contribution in [3.05, 3.63) is 34.9 Å². The maximum absolute atomic E-state index is 11.6. The summed E-state index contributed by atoms with van der Waals surface area (Å²) in [4.78, 5) is 14.1. The van der Waals surface area contributed by atoms with Gasteiger partial charge in [0, 0.05) is 27.0 Å². The van der Waals surface area contributed by atoms with E-state index in [4.69, 9.17) is 14.2 Å². The van der Waals surface area contributed by atoms with E-state index in [9.17, 15) is 9.90 Å². The van der Waals surface area contributed by atoms with Gasteiger partial charge in [0.05, 0.1) is 12.6 Å². The zero-order valence-electron chi connectivity index (χ0n) is 16.2. The van der Waals surface area contributed by atoms with E-state index in [-0.39, 0.29) is 29.5 Å². The number of phenolic OH excluding ortho intramolecular Hbond substituents is 1. The van der Waals surface area contributed by atoms with Crippen molar-refractivity contribution in [2.24, 2.45) is 0 Å². The van der Waals surface area contributed by atoms with Gasteiger partial charge in [-0.05, 0) is 60.7 Å². The van der Waals surface area contributed by atoms with Crippen LogP contribution in [0.15, 0.2) is 23.8 Å². The zero-order valence-corrected chi connectivity index (χ0v) is 16.2. The van der Waals surface area contributed by atoms with E-state index >= 15 is 0 Å². The van der Waals surface area contributed by atoms with Crippen LogP contribution in [0.1, 0.15) is 37.3 Å². The number of rotatable bonds is 3. The average Bonchev–Trinajstić information content (AvgIpc) is 2.92. The Morgan fingerprint density at radius 1 is 1.26 bits per heavy atom. The number of esters is 1. The van der Waals surface area contributed by atoms with Gasteiger partial charge in [-0.25, -0.2) is 0 Å². The summed E-state index contributed by atoms with van der Waals surface area (Å²) in [5, 5.41) is 10.3. The summed E-state index contributed by atoms with van der Waals surface area (Å²) in [5.74, 6) is 0.381. The van der Waals surface area contributed by atoms with Gasteiger partial charge in [-0.1, -0.05) is 0 Å². The first-order chi connectivity index (χ1) is 13.0. The van der Waals surface area contributed by atoms with Gasteiger partial charge in [-0.3, -0.25) is 9.69 Å². The fourth-order valence-corrected chi connectivity index (χ4v) is 5.15. The molecule has 0 saturated carbocycles. The van der Waals surface area contributed by atoms with E-state index < -0.39 is 0 Å². The van der Waals surface area contributed by atoms with Gasteiger partial charge in [0.2, 0.25) is 0 Å². The van der Waals surface area contributed by atoms with Crippen molar-refractivity contribution >= 4 is 5.97 Å². The van der Waals surface area contributed by atoms with Crippen molar-refractivity contribution in [2.45, 2.75) is 50.4 Å². The molecule has 2 heterocycles. The summed E-state index contributed by atoms with van der Waals surface area (Å²) < 4.78 is 16.7. The van der Waals surface area contributed by atoms with E-state index in [1.165, 1.54) is 18.1 Å². The SMILES string of the molecule is COc1cc2c(cc1O)CCCN1CCC3=CC(OC(C)=O)C(OC)CC321. The molecule has 3 unspecified atom stereocenters. The van der Waals surface area contributed by atoms with Gasteiger partial charge in [0.25, 0.3) is 0 Å². The molecule has 1 aromatic rings. The van der Waals surface area contributed by atoms with Crippen molar-refractivity contribution in [3.63, 3.8) is 0 Å². The molecular formula is C21H27NO5. The second-order valence-electron chi connectivity index (χ2n) is 7.63. The number of carbonyl (C=O) groups excluding carboxylic acids is 1. The highest BCUT2D eigenvalue weighted by Crippen LogP contribution is 2.53. The van der Waals surface area contributed by atoms with Crippen LogP contribution < -0.4 is 4.74 Å². The molecular weight excluding hydrogens is 346 g/mol. The Labute approximate surface area is 159 Å². The summed E-state index contributed by atoms with van der Waals surface area (Å²) in [6.45, 7) is 3.40. The van der Waals surface area contributed by atoms with E-state index in [1.54, 1.807) is 14.2 Å². The predicted molar refractivity (Wildman–Crippen MR) is 99.9 cm³/mol. The topological polar surface area (TPSA) is 68.2 Å². The Morgan fingerprint density at radius 2 is 2.07 bits per heavy atom. The lowest BCUT2D eigenvalue weighted by atomic mass is 9.72. The summed E-state index contributed by atoms with van der Waals surface area (Å²) in [6.07, 6.45) is 5.13. The molecule has 1 N–H and O–H groups in total. The van der Waals surface area contributed by atoms with Crippen molar-refractivity contribution in [1.82, 2.24) is 4.90 Å². The first-order valence-electron chi connectivity index (χ1n) is 9.56. The van der Waals surface area contributed by atoms with Crippen LogP contribution >= 0.6 is 0 Å². The van der Waals surface area contributed by atoms with E-state index in [1.807, 2.05) is 12.1 Å². The fourth-order valence-electron chi connectivity index (χ4n) is 5.15. The molecule has 27 heavy (non-hydrogen) atoms. The molecule has 1 spiro atoms. The highest BCUT2D eigenvalue weighted by Gasteiger charge is 2.53. The largest absolute Gasteiger partial charge is 0.504 e. The summed E-state index contributed by atoms with van der Waals surface area (Å²) in [7, 11) is 3.25. The monoisotopic (exact) mass is 373 g/mol. The smallest absolute Gasteiger partial charge is 0.303 e. The van der Waals surface area contributed by atoms with E-state index in [0.29, 0.717) is 12.2 Å². The molecule has 1 fully saturated rings. The highest BCUT2D eigenvalue weighted by molar-refractivity contribution is 5.66. The number of benzene rings is 1. The number of nitrogens with zero attached hydrogens (tertiary/aromatic N) is 1. The normalized spacial score (nSPS) is 29.8. The van der Waals surface area contributed by atoms with Crippen molar-refractivity contribution in [3.8, 4) is 11.5 Å². The summed E-state index contributed by atoms with van der Waals surface area (Å²) in [6, 6.07) is 3.84. The maximum atomic E-state index is 11.6. The van der Waals surface area contributed by atoms with Crippen LogP contribution in [0, 0.1) is 0 Å². The fraction of sp³-hybridized carbons (Fsp3) is 0.571. The molecule has 0 aromatic heterocycles. The zero-order chi connectivity index (χ0) is 19.2. The Kier molecular flexibility index (Phi) is 4.64. The second kappa shape index (κ2) is 6.84. The molecule has 3 atom stereocenters. The Hall–Kier alpha value is -2.05. The molecule has 2 aliphatic heterocycles. The average molecular weight is 373 g/mol. The number of hydrogen-bond acceptors (Lipinski definition) is 6. The van der Waals surface area contributed by atoms with Crippen LogP contribution in [0.2, 0.25) is 0 Å². The van der Waals surface area contributed by atoms with Crippen molar-refractivity contribution in [2.75, 3.05) is 27.3 Å². The van der Waals surface area contributed by atoms with Crippen molar-refractivity contribution < 1.29 is 24.1 Å². The Morgan fingerprint density at radius 3 is 2.78 bits per heavy atom. The minimum Gasteiger partial charge on any atom is -0.504 e. The van der Waals surface area contributed by atoms with Crippen LogP contribution in [0.5, 0.6) is 11.5 Å². The number of fused-ring (bicyclic) bond motifs is 1. The predicted octanol–water partition coefficient (Wildman–Crippen LogP) is 2.52. The van der Waals surface area contributed by atoms with Crippen LogP contribution in [0.25, 0.3) is 0 Å². The first kappa shape index (κ1) is 18.3.